The quantitative estimate of drug-likeness (QED) is 0.168. The number of hydrogen-bond acceptors (Lipinski definition) is 2. The minimum atomic E-state index is -4.66. The zero-order chi connectivity index (χ0) is 28.8. The molecule has 0 aliphatic rings. The van der Waals surface area contributed by atoms with Crippen LogP contribution in [0.1, 0.15) is 59.2 Å². The third-order valence-corrected chi connectivity index (χ3v) is 6.85. The lowest BCUT2D eigenvalue weighted by molar-refractivity contribution is -0.140. The highest BCUT2D eigenvalue weighted by atomic mass is 35.5. The van der Waals surface area contributed by atoms with E-state index in [9.17, 15) is 35.9 Å². The zero-order valence-corrected chi connectivity index (χ0v) is 22.5. The number of hydrogen-bond donors (Lipinski definition) is 1. The van der Waals surface area contributed by atoms with E-state index < -0.39 is 42.4 Å². The van der Waals surface area contributed by atoms with Crippen LogP contribution in [0.4, 0.5) is 26.3 Å². The summed E-state index contributed by atoms with van der Waals surface area (Å²) in [6, 6.07) is 6.51. The maximum Gasteiger partial charge on any atom is 0.405 e. The first-order chi connectivity index (χ1) is 17.5. The molecule has 0 bridgehead atoms. The van der Waals surface area contributed by atoms with E-state index in [2.05, 4.69) is 0 Å². The third-order valence-electron chi connectivity index (χ3n) is 5.65. The highest BCUT2D eigenvalue weighted by molar-refractivity contribution is 6.48. The molecule has 38 heavy (non-hydrogen) atoms. The predicted octanol–water partition coefficient (Wildman–Crippen LogP) is 8.98. The van der Waals surface area contributed by atoms with Crippen LogP contribution in [-0.4, -0.2) is 30.6 Å². The summed E-state index contributed by atoms with van der Waals surface area (Å²) in [6.45, 7) is 1.82. The van der Waals surface area contributed by atoms with Crippen molar-refractivity contribution in [3.05, 3.63) is 73.7 Å². The fourth-order valence-corrected chi connectivity index (χ4v) is 4.43. The SMILES string of the molecule is CCC[C@@H](CC(=O)c1ccc(/C=C/C(c2cc(Cl)c(Cl)c(Cl)c2)C(F)(F)F)cc1C)C(=O)NCC(F)(F)F. The van der Waals surface area contributed by atoms with Crippen LogP contribution >= 0.6 is 34.8 Å². The Labute approximate surface area is 231 Å². The van der Waals surface area contributed by atoms with Crippen molar-refractivity contribution in [3.8, 4) is 0 Å². The molecule has 0 saturated heterocycles. The number of nitrogens with one attached hydrogen (secondary N) is 1. The Hall–Kier alpha value is -2.23. The summed E-state index contributed by atoms with van der Waals surface area (Å²) in [7, 11) is 0. The Balaban J connectivity index is 2.24. The third kappa shape index (κ3) is 9.20. The van der Waals surface area contributed by atoms with Gasteiger partial charge in [0.25, 0.3) is 0 Å². The number of carbonyl (C=O) groups excluding carboxylic acids is 2. The molecule has 1 amide bonds. The van der Waals surface area contributed by atoms with Crippen LogP contribution in [0.2, 0.25) is 15.1 Å². The molecule has 0 aliphatic carbocycles. The zero-order valence-electron chi connectivity index (χ0n) is 20.2. The number of benzene rings is 2. The van der Waals surface area contributed by atoms with Crippen molar-refractivity contribution in [2.45, 2.75) is 51.4 Å². The van der Waals surface area contributed by atoms with Gasteiger partial charge in [0.2, 0.25) is 5.91 Å². The van der Waals surface area contributed by atoms with Crippen LogP contribution in [-0.2, 0) is 4.79 Å². The molecule has 0 saturated carbocycles. The molecule has 0 radical (unpaired) electrons. The molecule has 1 N–H and O–H groups in total. The molecular weight excluding hydrogens is 579 g/mol. The van der Waals surface area contributed by atoms with Crippen LogP contribution in [0.3, 0.4) is 0 Å². The maximum atomic E-state index is 13.8. The van der Waals surface area contributed by atoms with Gasteiger partial charge in [0, 0.05) is 17.9 Å². The minimum Gasteiger partial charge on any atom is -0.347 e. The van der Waals surface area contributed by atoms with Gasteiger partial charge in [-0.1, -0.05) is 78.5 Å². The Kier molecular flexibility index (Phi) is 11.1. The average molecular weight is 603 g/mol. The number of alkyl halides is 6. The van der Waals surface area contributed by atoms with Crippen molar-refractivity contribution >= 4 is 52.6 Å². The molecule has 0 fully saturated rings. The fraction of sp³-hybridized carbons (Fsp3) is 0.385. The highest BCUT2D eigenvalue weighted by Gasteiger charge is 2.39. The number of rotatable bonds is 10. The summed E-state index contributed by atoms with van der Waals surface area (Å²) in [6.07, 6.45) is -6.69. The molecule has 2 atom stereocenters. The van der Waals surface area contributed by atoms with Gasteiger partial charge in [-0.15, -0.1) is 0 Å². The Morgan fingerprint density at radius 2 is 1.61 bits per heavy atom. The van der Waals surface area contributed by atoms with Crippen LogP contribution in [0.5, 0.6) is 0 Å². The molecule has 1 unspecified atom stereocenters. The second-order valence-corrected chi connectivity index (χ2v) is 9.89. The molecule has 0 spiro atoms. The molecule has 2 rings (SSSR count). The number of carbonyl (C=O) groups is 2. The van der Waals surface area contributed by atoms with Gasteiger partial charge in [0.05, 0.1) is 21.0 Å². The average Bonchev–Trinajstić information content (AvgIpc) is 2.79. The molecule has 2 aromatic rings. The summed E-state index contributed by atoms with van der Waals surface area (Å²) < 4.78 is 78.7. The minimum absolute atomic E-state index is 0.0584. The van der Waals surface area contributed by atoms with Crippen molar-refractivity contribution in [3.63, 3.8) is 0 Å². The van der Waals surface area contributed by atoms with E-state index in [1.54, 1.807) is 13.8 Å². The molecule has 0 aromatic heterocycles. The first kappa shape index (κ1) is 32.0. The summed E-state index contributed by atoms with van der Waals surface area (Å²) in [4.78, 5) is 25.0. The Morgan fingerprint density at radius 1 is 1.00 bits per heavy atom. The summed E-state index contributed by atoms with van der Waals surface area (Å²) in [5.74, 6) is -4.31. The van der Waals surface area contributed by atoms with Crippen molar-refractivity contribution in [2.24, 2.45) is 5.92 Å². The van der Waals surface area contributed by atoms with Gasteiger partial charge in [-0.2, -0.15) is 26.3 Å². The van der Waals surface area contributed by atoms with Crippen LogP contribution in [0, 0.1) is 12.8 Å². The second kappa shape index (κ2) is 13.2. The number of allylic oxidation sites excluding steroid dienone is 1. The van der Waals surface area contributed by atoms with Gasteiger partial charge in [-0.25, -0.2) is 0 Å². The van der Waals surface area contributed by atoms with E-state index in [4.69, 9.17) is 34.8 Å². The number of ketones is 1. The molecule has 0 heterocycles. The number of amides is 1. The van der Waals surface area contributed by atoms with E-state index in [-0.39, 0.29) is 39.0 Å². The second-order valence-electron chi connectivity index (χ2n) is 8.70. The van der Waals surface area contributed by atoms with E-state index >= 15 is 0 Å². The molecular formula is C26H24Cl3F6NO2. The lowest BCUT2D eigenvalue weighted by Crippen LogP contribution is -2.38. The maximum absolute atomic E-state index is 13.8. The van der Waals surface area contributed by atoms with Gasteiger partial charge in [0.15, 0.2) is 5.78 Å². The molecule has 0 aliphatic heterocycles. The van der Waals surface area contributed by atoms with Gasteiger partial charge < -0.3 is 5.32 Å². The van der Waals surface area contributed by atoms with Crippen LogP contribution < -0.4 is 5.32 Å². The first-order valence-electron chi connectivity index (χ1n) is 11.4. The number of aryl methyl sites for hydroxylation is 1. The predicted molar refractivity (Wildman–Crippen MR) is 137 cm³/mol. The molecule has 12 heteroatoms. The number of halogens is 9. The topological polar surface area (TPSA) is 46.2 Å². The number of Topliss-reactive ketones (excluding diaryl/α,β-unsaturated/α-hetero) is 1. The van der Waals surface area contributed by atoms with Crippen LogP contribution in [0.25, 0.3) is 6.08 Å². The Bertz CT molecular complexity index is 1170. The Morgan fingerprint density at radius 3 is 2.11 bits per heavy atom. The van der Waals surface area contributed by atoms with E-state index in [0.717, 1.165) is 18.2 Å². The summed E-state index contributed by atoms with van der Waals surface area (Å²) in [5.41, 5.74) is 0.815. The van der Waals surface area contributed by atoms with E-state index in [0.29, 0.717) is 17.5 Å². The van der Waals surface area contributed by atoms with Crippen molar-refractivity contribution in [1.82, 2.24) is 5.32 Å². The van der Waals surface area contributed by atoms with Crippen molar-refractivity contribution in [2.75, 3.05) is 6.54 Å². The highest BCUT2D eigenvalue weighted by Crippen LogP contribution is 2.41. The van der Waals surface area contributed by atoms with Crippen molar-refractivity contribution in [1.29, 1.82) is 0 Å². The summed E-state index contributed by atoms with van der Waals surface area (Å²) in [5, 5.41) is 1.51. The normalized spacial score (nSPS) is 14.0. The smallest absolute Gasteiger partial charge is 0.347 e. The first-order valence-corrected chi connectivity index (χ1v) is 12.5. The van der Waals surface area contributed by atoms with Gasteiger partial charge >= 0.3 is 12.4 Å². The monoisotopic (exact) mass is 601 g/mol. The largest absolute Gasteiger partial charge is 0.405 e. The van der Waals surface area contributed by atoms with Crippen LogP contribution in [0.15, 0.2) is 36.4 Å². The molecule has 2 aromatic carbocycles. The van der Waals surface area contributed by atoms with Crippen molar-refractivity contribution < 1.29 is 35.9 Å². The van der Waals surface area contributed by atoms with E-state index in [1.165, 1.54) is 24.3 Å². The standard InChI is InChI=1S/C26H24Cl3F6NO2/c1-3-4-16(24(38)36-13-25(30,31)32)12-22(37)18-7-5-15(9-14(18)2)6-8-19(26(33,34)35)17-10-20(27)23(29)21(28)11-17/h5-11,16,19H,3-4,12-13H2,1-2H3,(H,36,38)/b8-6+/t16-,19?/m0/s1. The van der Waals surface area contributed by atoms with Gasteiger partial charge in [-0.05, 0) is 42.2 Å². The molecule has 208 valence electrons. The van der Waals surface area contributed by atoms with E-state index in [1.807, 2.05) is 5.32 Å². The van der Waals surface area contributed by atoms with Gasteiger partial charge in [0.1, 0.15) is 6.54 Å². The lowest BCUT2D eigenvalue weighted by atomic mass is 9.91. The summed E-state index contributed by atoms with van der Waals surface area (Å²) >= 11 is 17.6. The van der Waals surface area contributed by atoms with Gasteiger partial charge in [-0.3, -0.25) is 9.59 Å². The lowest BCUT2D eigenvalue weighted by Gasteiger charge is -2.18. The molecule has 3 nitrogen and oxygen atoms in total. The fourth-order valence-electron chi connectivity index (χ4n) is 3.81.